The summed E-state index contributed by atoms with van der Waals surface area (Å²) < 4.78 is 0. The molecule has 0 aliphatic heterocycles. The van der Waals surface area contributed by atoms with Crippen LogP contribution in [0.15, 0.2) is 115 Å². The van der Waals surface area contributed by atoms with Crippen LogP contribution in [0.4, 0.5) is 0 Å². The third kappa shape index (κ3) is 6.21. The van der Waals surface area contributed by atoms with Crippen LogP contribution >= 0.6 is 0 Å². The molecular weight excluding hydrogens is 733 g/mol. The molecule has 10 rings (SSSR count). The fourth-order valence-electron chi connectivity index (χ4n) is 10.9. The van der Waals surface area contributed by atoms with Gasteiger partial charge in [0, 0.05) is 11.8 Å². The highest BCUT2D eigenvalue weighted by Crippen LogP contribution is 2.66. The van der Waals surface area contributed by atoms with Gasteiger partial charge in [0.25, 0.3) is 0 Å². The first-order valence-corrected chi connectivity index (χ1v) is 22.9. The molecule has 2 atom stereocenters. The van der Waals surface area contributed by atoms with Crippen molar-refractivity contribution in [3.05, 3.63) is 165 Å². The summed E-state index contributed by atoms with van der Waals surface area (Å²) in [5.74, 6) is 1.03. The Balaban J connectivity index is 1.40. The van der Waals surface area contributed by atoms with E-state index in [4.69, 9.17) is 0 Å². The Morgan fingerprint density at radius 2 is 0.754 bits per heavy atom. The van der Waals surface area contributed by atoms with Gasteiger partial charge in [0.15, 0.2) is 0 Å². The molecule has 0 heterocycles. The molecule has 308 valence electrons. The number of rotatable bonds is 3. The van der Waals surface area contributed by atoms with E-state index in [0.29, 0.717) is 11.8 Å². The quantitative estimate of drug-likeness (QED) is 0.157. The Morgan fingerprint density at radius 1 is 0.377 bits per heavy atom. The Kier molecular flexibility index (Phi) is 8.61. The molecule has 0 spiro atoms. The molecule has 4 aliphatic rings. The zero-order chi connectivity index (χ0) is 43.3. The van der Waals surface area contributed by atoms with E-state index in [0.717, 1.165) is 0 Å². The average molecular weight is 797 g/mol. The highest BCUT2D eigenvalue weighted by molar-refractivity contribution is 6.22. The normalized spacial score (nSPS) is 18.2. The molecule has 0 saturated heterocycles. The summed E-state index contributed by atoms with van der Waals surface area (Å²) in [6, 6.07) is 36.5. The molecule has 4 aliphatic carbocycles. The molecule has 0 heteroatoms. The van der Waals surface area contributed by atoms with E-state index in [1.807, 2.05) is 0 Å². The van der Waals surface area contributed by atoms with Crippen LogP contribution in [0.5, 0.6) is 0 Å². The van der Waals surface area contributed by atoms with Gasteiger partial charge in [-0.2, -0.15) is 0 Å². The van der Waals surface area contributed by atoms with E-state index in [2.05, 4.69) is 212 Å². The molecule has 61 heavy (non-hydrogen) atoms. The maximum absolute atomic E-state index is 2.54. The molecule has 0 bridgehead atoms. The predicted molar refractivity (Wildman–Crippen MR) is 267 cm³/mol. The Labute approximate surface area is 366 Å². The third-order valence-electron chi connectivity index (χ3n) is 14.6. The molecule has 6 aromatic carbocycles. The van der Waals surface area contributed by atoms with Crippen LogP contribution in [0.3, 0.4) is 0 Å². The van der Waals surface area contributed by atoms with E-state index >= 15 is 0 Å². The van der Waals surface area contributed by atoms with Crippen LogP contribution in [-0.2, 0) is 21.7 Å². The van der Waals surface area contributed by atoms with Gasteiger partial charge >= 0.3 is 0 Å². The molecule has 2 unspecified atom stereocenters. The zero-order valence-corrected chi connectivity index (χ0v) is 39.2. The monoisotopic (exact) mass is 797 g/mol. The van der Waals surface area contributed by atoms with Gasteiger partial charge in [-0.1, -0.05) is 200 Å². The van der Waals surface area contributed by atoms with Crippen LogP contribution in [-0.4, -0.2) is 0 Å². The molecule has 0 nitrogen and oxygen atoms in total. The van der Waals surface area contributed by atoms with Gasteiger partial charge in [0.05, 0.1) is 0 Å². The lowest BCUT2D eigenvalue weighted by Gasteiger charge is -2.31. The fraction of sp³-hybridized carbons (Fsp3) is 0.344. The summed E-state index contributed by atoms with van der Waals surface area (Å²) in [7, 11) is 0. The second-order valence-corrected chi connectivity index (χ2v) is 23.2. The standard InChI is InChI=1S/C61H64/c1-34(2)35-19-20-44-45-21-23-47-55-48(24-22-46(54(45)55)49(44)29-35)57-53(39-27-42(60(9,10)11)33-43(28-39)61(12,13)14)51-31-37-18-16-15-17-36(37)30-50(51)52(56(47)57)38-25-40(58(3,4)5)32-41(26-38)59(6,7)8/h15-34,54-55H,1-14H3. The number of benzene rings is 6. The van der Waals surface area contributed by atoms with Gasteiger partial charge in [-0.25, -0.2) is 0 Å². The lowest BCUT2D eigenvalue weighted by Crippen LogP contribution is -2.18. The highest BCUT2D eigenvalue weighted by atomic mass is 14.5. The SMILES string of the molecule is CC(C)c1ccc2c(c1)C1=CC=C3c4c(c(-c5cc(C(C)(C)C)cc(C(C)(C)C)c5)c5cc6ccccc6cc5c4-c4cc(C(C)(C)C)cc(C(C)(C)C)c4)C4=CC=C2C1C43. The summed E-state index contributed by atoms with van der Waals surface area (Å²) >= 11 is 0. The minimum absolute atomic E-state index is 0.0140. The minimum atomic E-state index is -0.0140. The van der Waals surface area contributed by atoms with Crippen LogP contribution in [0.25, 0.3) is 66.1 Å². The van der Waals surface area contributed by atoms with E-state index in [-0.39, 0.29) is 27.6 Å². The van der Waals surface area contributed by atoms with E-state index in [9.17, 15) is 0 Å². The summed E-state index contributed by atoms with van der Waals surface area (Å²) in [6.07, 6.45) is 10.1. The van der Waals surface area contributed by atoms with Crippen molar-refractivity contribution < 1.29 is 0 Å². The van der Waals surface area contributed by atoms with Crippen molar-refractivity contribution in [1.82, 2.24) is 0 Å². The second-order valence-electron chi connectivity index (χ2n) is 23.2. The summed E-state index contributed by atoms with van der Waals surface area (Å²) in [4.78, 5) is 0. The lowest BCUT2D eigenvalue weighted by atomic mass is 9.71. The van der Waals surface area contributed by atoms with Crippen molar-refractivity contribution in [3.8, 4) is 22.3 Å². The predicted octanol–water partition coefficient (Wildman–Crippen LogP) is 17.2. The first-order chi connectivity index (χ1) is 28.6. The minimum Gasteiger partial charge on any atom is -0.0616 e. The maximum atomic E-state index is 2.54. The van der Waals surface area contributed by atoms with Crippen molar-refractivity contribution in [2.24, 2.45) is 11.8 Å². The lowest BCUT2D eigenvalue weighted by molar-refractivity contribution is 0.568. The molecule has 0 aromatic heterocycles. The fourth-order valence-corrected chi connectivity index (χ4v) is 10.9. The molecule has 0 radical (unpaired) electrons. The molecule has 0 N–H and O–H groups in total. The molecule has 0 amide bonds. The smallest absolute Gasteiger partial charge is 0.0212 e. The molecule has 6 aromatic rings. The van der Waals surface area contributed by atoms with Gasteiger partial charge in [0.2, 0.25) is 0 Å². The highest BCUT2D eigenvalue weighted by Gasteiger charge is 2.49. The number of allylic oxidation sites excluding steroid dienone is 8. The first-order valence-electron chi connectivity index (χ1n) is 22.9. The first kappa shape index (κ1) is 39.9. The summed E-state index contributed by atoms with van der Waals surface area (Å²) in [6.45, 7) is 33.1. The van der Waals surface area contributed by atoms with Crippen LogP contribution < -0.4 is 0 Å². The Morgan fingerprint density at radius 3 is 1.15 bits per heavy atom. The van der Waals surface area contributed by atoms with Gasteiger partial charge < -0.3 is 0 Å². The van der Waals surface area contributed by atoms with Gasteiger partial charge in [-0.05, 0) is 156 Å². The van der Waals surface area contributed by atoms with E-state index in [1.165, 1.54) is 116 Å². The van der Waals surface area contributed by atoms with Crippen molar-refractivity contribution in [2.45, 2.75) is 125 Å². The number of fused-ring (bicyclic) bond motifs is 8. The third-order valence-corrected chi connectivity index (χ3v) is 14.6. The van der Waals surface area contributed by atoms with Crippen LogP contribution in [0.2, 0.25) is 0 Å². The Bertz CT molecular complexity index is 2940. The van der Waals surface area contributed by atoms with Crippen molar-refractivity contribution >= 4 is 43.8 Å². The Hall–Kier alpha value is -5.20. The van der Waals surface area contributed by atoms with Crippen molar-refractivity contribution in [3.63, 3.8) is 0 Å². The van der Waals surface area contributed by atoms with Crippen molar-refractivity contribution in [2.75, 3.05) is 0 Å². The number of hydrogen-bond acceptors (Lipinski definition) is 0. The second kappa shape index (κ2) is 13.2. The van der Waals surface area contributed by atoms with E-state index < -0.39 is 0 Å². The topological polar surface area (TPSA) is 0 Å². The van der Waals surface area contributed by atoms with Gasteiger partial charge in [0.1, 0.15) is 0 Å². The van der Waals surface area contributed by atoms with E-state index in [1.54, 1.807) is 0 Å². The summed E-state index contributed by atoms with van der Waals surface area (Å²) in [5.41, 5.74) is 24.0. The maximum Gasteiger partial charge on any atom is 0.0212 e. The summed E-state index contributed by atoms with van der Waals surface area (Å²) in [5, 5.41) is 5.26. The van der Waals surface area contributed by atoms with Crippen LogP contribution in [0.1, 0.15) is 153 Å². The van der Waals surface area contributed by atoms with Crippen LogP contribution in [0, 0.1) is 11.8 Å². The van der Waals surface area contributed by atoms with Gasteiger partial charge in [-0.15, -0.1) is 0 Å². The average Bonchev–Trinajstić information content (AvgIpc) is 3.69. The van der Waals surface area contributed by atoms with Gasteiger partial charge in [-0.3, -0.25) is 0 Å². The molecule has 0 saturated carbocycles. The number of hydrogen-bond donors (Lipinski definition) is 0. The largest absolute Gasteiger partial charge is 0.0616 e. The van der Waals surface area contributed by atoms with Crippen molar-refractivity contribution in [1.29, 1.82) is 0 Å². The zero-order valence-electron chi connectivity index (χ0n) is 39.2. The molecule has 0 fully saturated rings. The molecular formula is C61H64.